The van der Waals surface area contributed by atoms with Crippen molar-refractivity contribution in [3.8, 4) is 11.5 Å². The molecule has 0 fully saturated rings. The molecule has 1 heterocycles. The summed E-state index contributed by atoms with van der Waals surface area (Å²) in [7, 11) is 3.12. The van der Waals surface area contributed by atoms with Crippen molar-refractivity contribution in [2.45, 2.75) is 4.34 Å². The smallest absolute Gasteiger partial charge is 0.250 e. The van der Waals surface area contributed by atoms with Crippen LogP contribution >= 0.6 is 39.0 Å². The van der Waals surface area contributed by atoms with Gasteiger partial charge in [0.05, 0.1) is 18.7 Å². The molecule has 9 heteroatoms. The minimum Gasteiger partial charge on any atom is -0.493 e. The Balaban J connectivity index is 2.10. The number of thioether (sulfide) groups is 1. The Bertz CT molecular complexity index is 734. The number of hydrogen-bond acceptors (Lipinski definition) is 7. The van der Waals surface area contributed by atoms with Crippen LogP contribution in [-0.4, -0.2) is 36.6 Å². The van der Waals surface area contributed by atoms with Crippen molar-refractivity contribution in [3.05, 3.63) is 28.2 Å². The minimum absolute atomic E-state index is 0.278. The Morgan fingerprint density at radius 1 is 1.35 bits per heavy atom. The highest BCUT2D eigenvalue weighted by molar-refractivity contribution is 9.10. The van der Waals surface area contributed by atoms with Gasteiger partial charge in [-0.3, -0.25) is 10.1 Å². The molecule has 23 heavy (non-hydrogen) atoms. The van der Waals surface area contributed by atoms with Crippen LogP contribution < -0.4 is 14.8 Å². The highest BCUT2D eigenvalue weighted by atomic mass is 79.9. The molecule has 0 aliphatic rings. The molecule has 0 bridgehead atoms. The molecule has 1 aromatic carbocycles. The Morgan fingerprint density at radius 2 is 2.13 bits per heavy atom. The van der Waals surface area contributed by atoms with E-state index in [1.807, 2.05) is 12.3 Å². The van der Waals surface area contributed by atoms with Gasteiger partial charge in [-0.1, -0.05) is 23.1 Å². The third-order valence-corrected chi connectivity index (χ3v) is 5.10. The predicted octanol–water partition coefficient (Wildman–Crippen LogP) is 3.69. The van der Waals surface area contributed by atoms with Gasteiger partial charge in [0.15, 0.2) is 15.8 Å². The normalized spacial score (nSPS) is 10.8. The first kappa shape index (κ1) is 17.8. The number of carbonyl (C=O) groups excluding carboxylic acids is 1. The molecule has 6 nitrogen and oxygen atoms in total. The number of nitrogens with zero attached hydrogens (tertiary/aromatic N) is 2. The van der Waals surface area contributed by atoms with Crippen LogP contribution in [-0.2, 0) is 4.79 Å². The maximum absolute atomic E-state index is 11.9. The molecule has 2 rings (SSSR count). The Morgan fingerprint density at radius 3 is 2.74 bits per heavy atom. The van der Waals surface area contributed by atoms with Crippen LogP contribution in [0.15, 0.2) is 27.0 Å². The average Bonchev–Trinajstić information content (AvgIpc) is 2.99. The van der Waals surface area contributed by atoms with E-state index in [9.17, 15) is 4.79 Å². The van der Waals surface area contributed by atoms with Crippen LogP contribution in [0.2, 0.25) is 0 Å². The topological polar surface area (TPSA) is 73.3 Å². The van der Waals surface area contributed by atoms with Gasteiger partial charge >= 0.3 is 0 Å². The highest BCUT2D eigenvalue weighted by Crippen LogP contribution is 2.36. The van der Waals surface area contributed by atoms with Gasteiger partial charge in [-0.25, -0.2) is 0 Å². The van der Waals surface area contributed by atoms with E-state index in [-0.39, 0.29) is 5.91 Å². The third-order valence-electron chi connectivity index (χ3n) is 2.69. The fourth-order valence-corrected chi connectivity index (χ4v) is 3.49. The van der Waals surface area contributed by atoms with Gasteiger partial charge in [0, 0.05) is 6.08 Å². The zero-order valence-corrected chi connectivity index (χ0v) is 15.8. The fourth-order valence-electron chi connectivity index (χ4n) is 1.70. The van der Waals surface area contributed by atoms with Crippen LogP contribution in [0.5, 0.6) is 11.5 Å². The molecule has 1 N–H and O–H groups in total. The lowest BCUT2D eigenvalue weighted by Crippen LogP contribution is -2.07. The van der Waals surface area contributed by atoms with E-state index in [0.717, 1.165) is 14.4 Å². The number of carbonyl (C=O) groups is 1. The summed E-state index contributed by atoms with van der Waals surface area (Å²) in [6, 6.07) is 3.62. The van der Waals surface area contributed by atoms with Crippen LogP contribution in [0.1, 0.15) is 5.56 Å². The maximum atomic E-state index is 11.9. The second-order valence-electron chi connectivity index (χ2n) is 4.14. The van der Waals surface area contributed by atoms with Crippen molar-refractivity contribution < 1.29 is 14.3 Å². The number of benzene rings is 1. The van der Waals surface area contributed by atoms with Crippen LogP contribution in [0.3, 0.4) is 0 Å². The van der Waals surface area contributed by atoms with Gasteiger partial charge in [-0.15, -0.1) is 10.2 Å². The maximum Gasteiger partial charge on any atom is 0.250 e. The second-order valence-corrected chi connectivity index (χ2v) is 7.02. The van der Waals surface area contributed by atoms with Crippen LogP contribution in [0.4, 0.5) is 5.13 Å². The van der Waals surface area contributed by atoms with E-state index < -0.39 is 0 Å². The first-order chi connectivity index (χ1) is 11.1. The van der Waals surface area contributed by atoms with E-state index in [0.29, 0.717) is 16.6 Å². The van der Waals surface area contributed by atoms with E-state index in [4.69, 9.17) is 9.47 Å². The van der Waals surface area contributed by atoms with Crippen molar-refractivity contribution in [2.24, 2.45) is 0 Å². The standard InChI is InChI=1S/C14H14BrN3O3S2/c1-20-10-7-8(6-9(15)12(10)21-2)4-5-11(19)16-13-17-18-14(22-3)23-13/h4-7H,1-3H3,(H,16,17,19)/b5-4+. The first-order valence-electron chi connectivity index (χ1n) is 6.35. The van der Waals surface area contributed by atoms with Crippen molar-refractivity contribution in [1.82, 2.24) is 10.2 Å². The number of ether oxygens (including phenoxy) is 2. The van der Waals surface area contributed by atoms with Gasteiger partial charge in [0.1, 0.15) is 0 Å². The molecule has 0 radical (unpaired) electrons. The quantitative estimate of drug-likeness (QED) is 0.440. The van der Waals surface area contributed by atoms with Crippen LogP contribution in [0, 0.1) is 0 Å². The molecule has 0 aliphatic heterocycles. The van der Waals surface area contributed by atoms with Gasteiger partial charge in [-0.05, 0) is 46.0 Å². The van der Waals surface area contributed by atoms with Crippen LogP contribution in [0.25, 0.3) is 6.08 Å². The summed E-state index contributed by atoms with van der Waals surface area (Å²) in [6.07, 6.45) is 5.01. The summed E-state index contributed by atoms with van der Waals surface area (Å²) in [5.41, 5.74) is 0.798. The van der Waals surface area contributed by atoms with E-state index in [1.165, 1.54) is 29.2 Å². The molecular formula is C14H14BrN3O3S2. The second kappa shape index (κ2) is 8.32. The lowest BCUT2D eigenvalue weighted by Gasteiger charge is -2.10. The van der Waals surface area contributed by atoms with Crippen molar-refractivity contribution in [3.63, 3.8) is 0 Å². The molecular weight excluding hydrogens is 402 g/mol. The molecule has 0 saturated heterocycles. The number of amides is 1. The molecule has 0 saturated carbocycles. The highest BCUT2D eigenvalue weighted by Gasteiger charge is 2.10. The summed E-state index contributed by atoms with van der Waals surface area (Å²) in [5, 5.41) is 10.9. The van der Waals surface area contributed by atoms with E-state index >= 15 is 0 Å². The Labute approximate surface area is 150 Å². The van der Waals surface area contributed by atoms with Crippen molar-refractivity contribution >= 4 is 56.1 Å². The van der Waals surface area contributed by atoms with Crippen molar-refractivity contribution in [2.75, 3.05) is 25.8 Å². The lowest BCUT2D eigenvalue weighted by molar-refractivity contribution is -0.111. The van der Waals surface area contributed by atoms with Gasteiger partial charge in [0.2, 0.25) is 11.0 Å². The fraction of sp³-hybridized carbons (Fsp3) is 0.214. The number of nitrogens with one attached hydrogen (secondary N) is 1. The van der Waals surface area contributed by atoms with Gasteiger partial charge in [-0.2, -0.15) is 0 Å². The number of halogens is 1. The molecule has 0 aliphatic carbocycles. The van der Waals surface area contributed by atoms with Gasteiger partial charge < -0.3 is 9.47 Å². The summed E-state index contributed by atoms with van der Waals surface area (Å²) in [4.78, 5) is 11.9. The van der Waals surface area contributed by atoms with Gasteiger partial charge in [0.25, 0.3) is 0 Å². The zero-order valence-electron chi connectivity index (χ0n) is 12.6. The molecule has 1 amide bonds. The number of methoxy groups -OCH3 is 2. The molecule has 1 aromatic heterocycles. The monoisotopic (exact) mass is 415 g/mol. The SMILES string of the molecule is COc1cc(/C=C/C(=O)Nc2nnc(SC)s2)cc(Br)c1OC. The predicted molar refractivity (Wildman–Crippen MR) is 96.6 cm³/mol. The summed E-state index contributed by atoms with van der Waals surface area (Å²) >= 11 is 6.22. The molecule has 0 unspecified atom stereocenters. The third kappa shape index (κ3) is 4.69. The molecule has 122 valence electrons. The first-order valence-corrected chi connectivity index (χ1v) is 9.19. The molecule has 2 aromatic rings. The number of aromatic nitrogens is 2. The summed E-state index contributed by atoms with van der Waals surface area (Å²) < 4.78 is 12.1. The minimum atomic E-state index is -0.278. The zero-order chi connectivity index (χ0) is 16.8. The molecule has 0 atom stereocenters. The number of rotatable bonds is 6. The summed E-state index contributed by atoms with van der Waals surface area (Å²) in [6.45, 7) is 0. The average molecular weight is 416 g/mol. The van der Waals surface area contributed by atoms with E-state index in [2.05, 4.69) is 31.4 Å². The van der Waals surface area contributed by atoms with Crippen molar-refractivity contribution in [1.29, 1.82) is 0 Å². The molecule has 0 spiro atoms. The Kier molecular flexibility index (Phi) is 6.43. The number of hydrogen-bond donors (Lipinski definition) is 1. The van der Waals surface area contributed by atoms with E-state index in [1.54, 1.807) is 26.4 Å². The Hall–Kier alpha value is -1.58. The largest absolute Gasteiger partial charge is 0.493 e. The summed E-state index contributed by atoms with van der Waals surface area (Å²) in [5.74, 6) is 0.905. The lowest BCUT2D eigenvalue weighted by atomic mass is 10.2. The number of anilines is 1.